The van der Waals surface area contributed by atoms with E-state index < -0.39 is 29.6 Å². The van der Waals surface area contributed by atoms with E-state index in [0.29, 0.717) is 11.4 Å². The monoisotopic (exact) mass is 445 g/mol. The summed E-state index contributed by atoms with van der Waals surface area (Å²) in [5, 5.41) is 2.91. The molecule has 3 rings (SSSR count). The predicted octanol–water partition coefficient (Wildman–Crippen LogP) is 4.86. The summed E-state index contributed by atoms with van der Waals surface area (Å²) in [6.45, 7) is 3.03. The van der Waals surface area contributed by atoms with E-state index in [9.17, 15) is 22.8 Å². The molecule has 1 aliphatic heterocycles. The standard InChI is InChI=1S/C24H22F3NO4/c1-14-19(22(29)31-3)21(17-11-7-8-12-18(17)24(25,26)27)20(15(2)28-14)23(30)32-13-16-9-5-4-6-10-16/h4-12,21,28H,13H2,1-3H3. The van der Waals surface area contributed by atoms with E-state index in [1.165, 1.54) is 18.2 Å². The lowest BCUT2D eigenvalue weighted by molar-refractivity contribution is -0.142. The van der Waals surface area contributed by atoms with Crippen LogP contribution in [0.1, 0.15) is 36.5 Å². The molecule has 2 aromatic rings. The van der Waals surface area contributed by atoms with Crippen molar-refractivity contribution in [3.63, 3.8) is 0 Å². The Morgan fingerprint density at radius 1 is 0.906 bits per heavy atom. The number of nitrogens with one attached hydrogen (secondary N) is 1. The maximum atomic E-state index is 13.8. The van der Waals surface area contributed by atoms with Gasteiger partial charge in [0.05, 0.1) is 29.7 Å². The van der Waals surface area contributed by atoms with Gasteiger partial charge in [-0.2, -0.15) is 13.2 Å². The molecule has 0 fully saturated rings. The molecule has 1 atom stereocenters. The van der Waals surface area contributed by atoms with Gasteiger partial charge in [-0.25, -0.2) is 9.59 Å². The molecule has 2 aromatic carbocycles. The number of hydrogen-bond acceptors (Lipinski definition) is 5. The number of carbonyl (C=O) groups is 2. The van der Waals surface area contributed by atoms with Gasteiger partial charge in [0.2, 0.25) is 0 Å². The number of methoxy groups -OCH3 is 1. The molecule has 1 unspecified atom stereocenters. The Balaban J connectivity index is 2.11. The highest BCUT2D eigenvalue weighted by Gasteiger charge is 2.43. The Hall–Kier alpha value is -3.55. The highest BCUT2D eigenvalue weighted by Crippen LogP contribution is 2.44. The van der Waals surface area contributed by atoms with Crippen LogP contribution in [0.15, 0.2) is 77.1 Å². The number of hydrogen-bond donors (Lipinski definition) is 1. The van der Waals surface area contributed by atoms with Gasteiger partial charge in [-0.05, 0) is 31.0 Å². The van der Waals surface area contributed by atoms with Gasteiger partial charge in [-0.15, -0.1) is 0 Å². The lowest BCUT2D eigenvalue weighted by Gasteiger charge is -2.31. The molecule has 8 heteroatoms. The zero-order valence-electron chi connectivity index (χ0n) is 17.7. The summed E-state index contributed by atoms with van der Waals surface area (Å²) in [4.78, 5) is 25.7. The van der Waals surface area contributed by atoms with E-state index in [2.05, 4.69) is 5.32 Å². The average Bonchev–Trinajstić information content (AvgIpc) is 2.76. The molecule has 0 aromatic heterocycles. The normalized spacial score (nSPS) is 16.5. The summed E-state index contributed by atoms with van der Waals surface area (Å²) in [6, 6.07) is 13.7. The van der Waals surface area contributed by atoms with Crippen molar-refractivity contribution in [3.8, 4) is 0 Å². The Morgan fingerprint density at radius 2 is 1.47 bits per heavy atom. The molecule has 0 radical (unpaired) electrons. The molecular formula is C24H22F3NO4. The number of rotatable bonds is 5. The number of benzene rings is 2. The number of alkyl halides is 3. The molecule has 0 saturated carbocycles. The van der Waals surface area contributed by atoms with Gasteiger partial charge in [-0.1, -0.05) is 48.5 Å². The van der Waals surface area contributed by atoms with Crippen molar-refractivity contribution in [2.45, 2.75) is 32.5 Å². The molecule has 0 amide bonds. The van der Waals surface area contributed by atoms with Crippen molar-refractivity contribution < 1.29 is 32.2 Å². The number of carbonyl (C=O) groups excluding carboxylic acids is 2. The summed E-state index contributed by atoms with van der Waals surface area (Å²) >= 11 is 0. The van der Waals surface area contributed by atoms with Gasteiger partial charge < -0.3 is 14.8 Å². The van der Waals surface area contributed by atoms with Gasteiger partial charge in [0.1, 0.15) is 6.61 Å². The van der Waals surface area contributed by atoms with Crippen LogP contribution in [0, 0.1) is 0 Å². The molecule has 5 nitrogen and oxygen atoms in total. The van der Waals surface area contributed by atoms with E-state index in [1.54, 1.807) is 38.1 Å². The maximum Gasteiger partial charge on any atom is 0.416 e. The topological polar surface area (TPSA) is 64.6 Å². The Kier molecular flexibility index (Phi) is 6.72. The van der Waals surface area contributed by atoms with Crippen LogP contribution in [0.5, 0.6) is 0 Å². The molecule has 1 heterocycles. The van der Waals surface area contributed by atoms with Crippen LogP contribution in [0.4, 0.5) is 13.2 Å². The number of halogens is 3. The molecule has 1 aliphatic rings. The van der Waals surface area contributed by atoms with Crippen molar-refractivity contribution in [1.82, 2.24) is 5.32 Å². The third-order valence-electron chi connectivity index (χ3n) is 5.18. The highest BCUT2D eigenvalue weighted by molar-refractivity contribution is 6.00. The third-order valence-corrected chi connectivity index (χ3v) is 5.18. The number of esters is 2. The first kappa shape index (κ1) is 23.1. The summed E-state index contributed by atoms with van der Waals surface area (Å²) < 4.78 is 51.7. The number of dihydropyridines is 1. The van der Waals surface area contributed by atoms with Gasteiger partial charge in [-0.3, -0.25) is 0 Å². The lowest BCUT2D eigenvalue weighted by atomic mass is 9.78. The lowest BCUT2D eigenvalue weighted by Crippen LogP contribution is -2.33. The maximum absolute atomic E-state index is 13.8. The first-order valence-electron chi connectivity index (χ1n) is 9.79. The Bertz CT molecular complexity index is 1090. The highest BCUT2D eigenvalue weighted by atomic mass is 19.4. The van der Waals surface area contributed by atoms with E-state index in [4.69, 9.17) is 9.47 Å². The fourth-order valence-electron chi connectivity index (χ4n) is 3.76. The van der Waals surface area contributed by atoms with E-state index in [0.717, 1.165) is 18.7 Å². The summed E-state index contributed by atoms with van der Waals surface area (Å²) in [7, 11) is 1.13. The van der Waals surface area contributed by atoms with Crippen LogP contribution in [0.3, 0.4) is 0 Å². The van der Waals surface area contributed by atoms with Gasteiger partial charge in [0, 0.05) is 11.4 Å². The fraction of sp³-hybridized carbons (Fsp3) is 0.250. The van der Waals surface area contributed by atoms with Crippen molar-refractivity contribution in [3.05, 3.63) is 93.8 Å². The van der Waals surface area contributed by atoms with Crippen molar-refractivity contribution in [1.29, 1.82) is 0 Å². The van der Waals surface area contributed by atoms with Gasteiger partial charge in [0.15, 0.2) is 0 Å². The Morgan fingerprint density at radius 3 is 2.06 bits per heavy atom. The Labute approximate surface area is 183 Å². The van der Waals surface area contributed by atoms with Crippen molar-refractivity contribution in [2.24, 2.45) is 0 Å². The third kappa shape index (κ3) is 4.69. The van der Waals surface area contributed by atoms with E-state index in [-0.39, 0.29) is 23.3 Å². The number of ether oxygens (including phenoxy) is 2. The first-order valence-corrected chi connectivity index (χ1v) is 9.79. The minimum Gasteiger partial charge on any atom is -0.466 e. The van der Waals surface area contributed by atoms with Crippen LogP contribution in [-0.2, 0) is 31.8 Å². The molecule has 0 aliphatic carbocycles. The molecule has 0 saturated heterocycles. The molecule has 168 valence electrons. The smallest absolute Gasteiger partial charge is 0.416 e. The summed E-state index contributed by atoms with van der Waals surface area (Å²) in [6.07, 6.45) is -4.69. The van der Waals surface area contributed by atoms with Gasteiger partial charge >= 0.3 is 18.1 Å². The minimum atomic E-state index is -4.69. The van der Waals surface area contributed by atoms with Crippen LogP contribution >= 0.6 is 0 Å². The second-order valence-electron chi connectivity index (χ2n) is 7.27. The zero-order valence-corrected chi connectivity index (χ0v) is 17.7. The molecule has 0 spiro atoms. The van der Waals surface area contributed by atoms with Gasteiger partial charge in [0.25, 0.3) is 0 Å². The zero-order chi connectivity index (χ0) is 23.5. The van der Waals surface area contributed by atoms with Crippen LogP contribution in [0.25, 0.3) is 0 Å². The second-order valence-corrected chi connectivity index (χ2v) is 7.27. The fourth-order valence-corrected chi connectivity index (χ4v) is 3.76. The number of allylic oxidation sites excluding steroid dienone is 2. The summed E-state index contributed by atoms with van der Waals surface area (Å²) in [5.41, 5.74) is -0.0132. The van der Waals surface area contributed by atoms with E-state index in [1.807, 2.05) is 6.07 Å². The second kappa shape index (κ2) is 9.30. The SMILES string of the molecule is COC(=O)C1=C(C)NC(C)=C(C(=O)OCc2ccccc2)C1c1ccccc1C(F)(F)F. The summed E-state index contributed by atoms with van der Waals surface area (Å²) in [5.74, 6) is -2.97. The molecule has 32 heavy (non-hydrogen) atoms. The van der Waals surface area contributed by atoms with Crippen LogP contribution in [0.2, 0.25) is 0 Å². The van der Waals surface area contributed by atoms with Crippen molar-refractivity contribution >= 4 is 11.9 Å². The largest absolute Gasteiger partial charge is 0.466 e. The predicted molar refractivity (Wildman–Crippen MR) is 111 cm³/mol. The quantitative estimate of drug-likeness (QED) is 0.667. The molecule has 1 N–H and O–H groups in total. The van der Waals surface area contributed by atoms with Crippen LogP contribution < -0.4 is 5.32 Å². The van der Waals surface area contributed by atoms with Crippen LogP contribution in [-0.4, -0.2) is 19.0 Å². The average molecular weight is 445 g/mol. The molecule has 0 bridgehead atoms. The first-order chi connectivity index (χ1) is 15.1. The minimum absolute atomic E-state index is 0.0691. The van der Waals surface area contributed by atoms with Crippen molar-refractivity contribution in [2.75, 3.05) is 7.11 Å². The van der Waals surface area contributed by atoms with E-state index >= 15 is 0 Å². The molecular weight excluding hydrogens is 423 g/mol.